The van der Waals surface area contributed by atoms with Crippen LogP contribution in [0, 0.1) is 11.8 Å². The molecule has 0 bridgehead atoms. The van der Waals surface area contributed by atoms with Crippen molar-refractivity contribution in [2.75, 3.05) is 0 Å². The summed E-state index contributed by atoms with van der Waals surface area (Å²) in [7, 11) is 0. The van der Waals surface area contributed by atoms with Crippen LogP contribution in [0.1, 0.15) is 68.9 Å². The molecule has 2 unspecified atom stereocenters. The Labute approximate surface area is 123 Å². The van der Waals surface area contributed by atoms with Crippen LogP contribution in [0.25, 0.3) is 0 Å². The number of fused-ring (bicyclic) bond motifs is 1. The van der Waals surface area contributed by atoms with Gasteiger partial charge in [-0.05, 0) is 67.4 Å². The van der Waals surface area contributed by atoms with Crippen molar-refractivity contribution in [1.29, 1.82) is 0 Å². The van der Waals surface area contributed by atoms with Crippen LogP contribution in [-0.4, -0.2) is 11.2 Å². The molecule has 0 aliphatic heterocycles. The lowest BCUT2D eigenvalue weighted by Gasteiger charge is -2.33. The van der Waals surface area contributed by atoms with Gasteiger partial charge < -0.3 is 5.11 Å². The van der Waals surface area contributed by atoms with E-state index in [1.807, 2.05) is 0 Å². The van der Waals surface area contributed by atoms with Crippen molar-refractivity contribution in [3.05, 3.63) is 35.4 Å². The second-order valence-electron chi connectivity index (χ2n) is 7.11. The van der Waals surface area contributed by atoms with E-state index in [4.69, 9.17) is 0 Å². The number of rotatable bonds is 3. The molecule has 2 atom stereocenters. The number of hydrogen-bond donors (Lipinski definition) is 1. The summed E-state index contributed by atoms with van der Waals surface area (Å²) in [4.78, 5) is 0. The van der Waals surface area contributed by atoms with Crippen molar-refractivity contribution in [2.45, 2.75) is 70.3 Å². The second kappa shape index (κ2) is 6.30. The highest BCUT2D eigenvalue weighted by Gasteiger charge is 2.28. The van der Waals surface area contributed by atoms with E-state index >= 15 is 0 Å². The van der Waals surface area contributed by atoms with E-state index in [-0.39, 0.29) is 6.10 Å². The lowest BCUT2D eigenvalue weighted by atomic mass is 9.74. The number of aryl methyl sites for hydroxylation is 1. The van der Waals surface area contributed by atoms with Crippen LogP contribution in [0.3, 0.4) is 0 Å². The van der Waals surface area contributed by atoms with Gasteiger partial charge in [-0.3, -0.25) is 0 Å². The lowest BCUT2D eigenvalue weighted by Crippen LogP contribution is -2.27. The fourth-order valence-corrected chi connectivity index (χ4v) is 4.25. The van der Waals surface area contributed by atoms with Crippen LogP contribution in [0.15, 0.2) is 24.3 Å². The maximum Gasteiger partial charge on any atom is 0.0574 e. The van der Waals surface area contributed by atoms with Crippen molar-refractivity contribution in [1.82, 2.24) is 0 Å². The first-order chi connectivity index (χ1) is 9.74. The summed E-state index contributed by atoms with van der Waals surface area (Å²) in [5, 5.41) is 10.6. The van der Waals surface area contributed by atoms with Gasteiger partial charge in [0.2, 0.25) is 0 Å². The fraction of sp³-hybridized carbons (Fsp3) is 0.684. The smallest absolute Gasteiger partial charge is 0.0574 e. The van der Waals surface area contributed by atoms with Gasteiger partial charge in [-0.15, -0.1) is 0 Å². The first kappa shape index (κ1) is 14.1. The Balaban J connectivity index is 1.63. The molecule has 0 radical (unpaired) electrons. The predicted molar refractivity (Wildman–Crippen MR) is 83.9 cm³/mol. The second-order valence-corrected chi connectivity index (χ2v) is 7.11. The third kappa shape index (κ3) is 3.09. The summed E-state index contributed by atoms with van der Waals surface area (Å²) in [6.07, 6.45) is 9.76. The minimum atomic E-state index is -0.0846. The molecule has 1 fully saturated rings. The monoisotopic (exact) mass is 272 g/mol. The normalized spacial score (nSPS) is 31.6. The van der Waals surface area contributed by atoms with Gasteiger partial charge in [-0.1, -0.05) is 44.0 Å². The van der Waals surface area contributed by atoms with Crippen LogP contribution < -0.4 is 0 Å². The Morgan fingerprint density at radius 3 is 2.65 bits per heavy atom. The molecule has 1 heteroatoms. The standard InChI is InChI=1S/C19H28O/c1-14-9-11-16(12-10-14)19(20)13-17-7-4-6-15-5-2-3-8-18(15)17/h2-3,5,8,14,16-17,19-20H,4,6-7,9-13H2,1H3. The number of aliphatic hydroxyl groups is 1. The Bertz CT molecular complexity index is 431. The molecule has 0 amide bonds. The van der Waals surface area contributed by atoms with Gasteiger partial charge >= 0.3 is 0 Å². The average molecular weight is 272 g/mol. The third-order valence-electron chi connectivity index (χ3n) is 5.62. The van der Waals surface area contributed by atoms with E-state index < -0.39 is 0 Å². The van der Waals surface area contributed by atoms with Gasteiger partial charge in [0.1, 0.15) is 0 Å². The van der Waals surface area contributed by atoms with Crippen molar-refractivity contribution in [3.63, 3.8) is 0 Å². The largest absolute Gasteiger partial charge is 0.393 e. The summed E-state index contributed by atoms with van der Waals surface area (Å²) >= 11 is 0. The topological polar surface area (TPSA) is 20.2 Å². The van der Waals surface area contributed by atoms with Gasteiger partial charge in [0.05, 0.1) is 6.10 Å². The first-order valence-corrected chi connectivity index (χ1v) is 8.50. The zero-order chi connectivity index (χ0) is 13.9. The molecule has 2 aliphatic carbocycles. The molecule has 1 saturated carbocycles. The molecule has 1 aromatic rings. The Hall–Kier alpha value is -0.820. The molecule has 2 aliphatic rings. The van der Waals surface area contributed by atoms with E-state index in [0.717, 1.165) is 12.3 Å². The van der Waals surface area contributed by atoms with Crippen molar-refractivity contribution < 1.29 is 5.11 Å². The summed E-state index contributed by atoms with van der Waals surface area (Å²) in [5.41, 5.74) is 3.04. The highest BCUT2D eigenvalue weighted by Crippen LogP contribution is 2.38. The quantitative estimate of drug-likeness (QED) is 0.846. The molecule has 20 heavy (non-hydrogen) atoms. The van der Waals surface area contributed by atoms with Gasteiger partial charge in [-0.25, -0.2) is 0 Å². The molecule has 0 heterocycles. The van der Waals surface area contributed by atoms with Gasteiger partial charge in [-0.2, -0.15) is 0 Å². The number of hydrogen-bond acceptors (Lipinski definition) is 1. The van der Waals surface area contributed by atoms with E-state index in [0.29, 0.717) is 11.8 Å². The molecule has 1 N–H and O–H groups in total. The van der Waals surface area contributed by atoms with Crippen LogP contribution in [0.5, 0.6) is 0 Å². The maximum absolute atomic E-state index is 10.6. The molecule has 0 aromatic heterocycles. The summed E-state index contributed by atoms with van der Waals surface area (Å²) in [6.45, 7) is 2.35. The molecular weight excluding hydrogens is 244 g/mol. The molecular formula is C19H28O. The Morgan fingerprint density at radius 2 is 1.85 bits per heavy atom. The molecule has 3 rings (SSSR count). The SMILES string of the molecule is CC1CCC(C(O)CC2CCCc3ccccc32)CC1. The predicted octanol–water partition coefficient (Wildman–Crippen LogP) is 4.68. The van der Waals surface area contributed by atoms with Gasteiger partial charge in [0.25, 0.3) is 0 Å². The van der Waals surface area contributed by atoms with Gasteiger partial charge in [0, 0.05) is 0 Å². The zero-order valence-corrected chi connectivity index (χ0v) is 12.7. The van der Waals surface area contributed by atoms with Crippen LogP contribution in [0.2, 0.25) is 0 Å². The average Bonchev–Trinajstić information content (AvgIpc) is 2.48. The summed E-state index contributed by atoms with van der Waals surface area (Å²) < 4.78 is 0. The molecule has 0 spiro atoms. The Morgan fingerprint density at radius 1 is 1.10 bits per heavy atom. The summed E-state index contributed by atoms with van der Waals surface area (Å²) in [5.74, 6) is 2.02. The molecule has 110 valence electrons. The van der Waals surface area contributed by atoms with E-state index in [9.17, 15) is 5.11 Å². The summed E-state index contributed by atoms with van der Waals surface area (Å²) in [6, 6.07) is 8.87. The minimum absolute atomic E-state index is 0.0846. The van der Waals surface area contributed by atoms with Crippen LogP contribution in [-0.2, 0) is 6.42 Å². The number of aliphatic hydroxyl groups excluding tert-OH is 1. The van der Waals surface area contributed by atoms with E-state index in [2.05, 4.69) is 31.2 Å². The molecule has 0 saturated heterocycles. The Kier molecular flexibility index (Phi) is 4.45. The minimum Gasteiger partial charge on any atom is -0.393 e. The zero-order valence-electron chi connectivity index (χ0n) is 12.7. The lowest BCUT2D eigenvalue weighted by molar-refractivity contribution is 0.0612. The first-order valence-electron chi connectivity index (χ1n) is 8.50. The highest BCUT2D eigenvalue weighted by atomic mass is 16.3. The maximum atomic E-state index is 10.6. The highest BCUT2D eigenvalue weighted by molar-refractivity contribution is 5.32. The number of benzene rings is 1. The van der Waals surface area contributed by atoms with E-state index in [1.54, 1.807) is 0 Å². The molecule has 1 nitrogen and oxygen atoms in total. The van der Waals surface area contributed by atoms with Crippen LogP contribution >= 0.6 is 0 Å². The van der Waals surface area contributed by atoms with Crippen molar-refractivity contribution in [3.8, 4) is 0 Å². The van der Waals surface area contributed by atoms with Gasteiger partial charge in [0.15, 0.2) is 0 Å². The molecule has 1 aromatic carbocycles. The fourth-order valence-electron chi connectivity index (χ4n) is 4.25. The third-order valence-corrected chi connectivity index (χ3v) is 5.62. The van der Waals surface area contributed by atoms with E-state index in [1.165, 1.54) is 56.1 Å². The van der Waals surface area contributed by atoms with Crippen molar-refractivity contribution in [2.24, 2.45) is 11.8 Å². The van der Waals surface area contributed by atoms with Crippen molar-refractivity contribution >= 4 is 0 Å². The van der Waals surface area contributed by atoms with Crippen LogP contribution in [0.4, 0.5) is 0 Å².